The van der Waals surface area contributed by atoms with Gasteiger partial charge in [-0.3, -0.25) is 4.79 Å². The lowest BCUT2D eigenvalue weighted by Gasteiger charge is -2.35. The molecule has 46 heavy (non-hydrogen) atoms. The molecule has 0 radical (unpaired) electrons. The highest BCUT2D eigenvalue weighted by atomic mass is 16.6. The van der Waals surface area contributed by atoms with Gasteiger partial charge in [-0.15, -0.1) is 0 Å². The predicted octanol–water partition coefficient (Wildman–Crippen LogP) is 6.79. The van der Waals surface area contributed by atoms with Crippen LogP contribution in [0, 0.1) is 12.8 Å². The van der Waals surface area contributed by atoms with Gasteiger partial charge in [-0.05, 0) is 120 Å². The maximum Gasteiger partial charge on any atom is 0.420 e. The first kappa shape index (κ1) is 32.0. The van der Waals surface area contributed by atoms with E-state index in [9.17, 15) is 14.4 Å². The molecule has 10 heteroatoms. The number of carbonyl (C=O) groups is 3. The van der Waals surface area contributed by atoms with Gasteiger partial charge < -0.3 is 24.0 Å². The van der Waals surface area contributed by atoms with Crippen LogP contribution < -0.4 is 0 Å². The van der Waals surface area contributed by atoms with Crippen molar-refractivity contribution in [1.29, 1.82) is 0 Å². The van der Waals surface area contributed by atoms with Crippen LogP contribution in [0.15, 0.2) is 30.6 Å². The normalized spacial score (nSPS) is 20.2. The summed E-state index contributed by atoms with van der Waals surface area (Å²) in [4.78, 5) is 48.3. The third kappa shape index (κ3) is 6.49. The molecule has 2 saturated heterocycles. The number of amides is 2. The Morgan fingerprint density at radius 3 is 2.37 bits per heavy atom. The molecule has 0 aliphatic carbocycles. The zero-order valence-electron chi connectivity index (χ0n) is 28.1. The number of pyridine rings is 1. The average Bonchev–Trinajstić information content (AvgIpc) is 3.75. The van der Waals surface area contributed by atoms with E-state index in [0.29, 0.717) is 38.5 Å². The molecule has 3 aromatic rings. The van der Waals surface area contributed by atoms with E-state index in [1.54, 1.807) is 12.4 Å². The molecule has 3 aliphatic heterocycles. The van der Waals surface area contributed by atoms with Crippen molar-refractivity contribution in [3.8, 4) is 11.1 Å². The lowest BCUT2D eigenvalue weighted by molar-refractivity contribution is -0.136. The second kappa shape index (κ2) is 12.0. The number of nitrogens with zero attached hydrogens (tertiary/aromatic N) is 4. The third-order valence-corrected chi connectivity index (χ3v) is 8.97. The summed E-state index contributed by atoms with van der Waals surface area (Å²) in [6.07, 6.45) is 5.99. The maximum atomic E-state index is 13.4. The minimum Gasteiger partial charge on any atom is -0.444 e. The molecule has 2 amide bonds. The molecule has 0 unspecified atom stereocenters. The number of fused-ring (bicyclic) bond motifs is 2. The minimum absolute atomic E-state index is 0.0923. The van der Waals surface area contributed by atoms with E-state index >= 15 is 0 Å². The monoisotopic (exact) mass is 630 g/mol. The van der Waals surface area contributed by atoms with E-state index < -0.39 is 17.3 Å². The van der Waals surface area contributed by atoms with Crippen molar-refractivity contribution in [1.82, 2.24) is 19.4 Å². The van der Waals surface area contributed by atoms with Crippen LogP contribution in [0.3, 0.4) is 0 Å². The van der Waals surface area contributed by atoms with E-state index in [1.807, 2.05) is 58.3 Å². The van der Waals surface area contributed by atoms with E-state index in [4.69, 9.17) is 19.2 Å². The Morgan fingerprint density at radius 1 is 0.935 bits per heavy atom. The van der Waals surface area contributed by atoms with E-state index in [1.165, 1.54) is 10.1 Å². The smallest absolute Gasteiger partial charge is 0.420 e. The molecule has 0 bridgehead atoms. The molecule has 5 heterocycles. The van der Waals surface area contributed by atoms with Gasteiger partial charge in [-0.25, -0.2) is 19.1 Å². The number of hydrogen-bond donors (Lipinski definition) is 0. The predicted molar refractivity (Wildman–Crippen MR) is 174 cm³/mol. The van der Waals surface area contributed by atoms with Gasteiger partial charge in [0.1, 0.15) is 16.8 Å². The van der Waals surface area contributed by atoms with Crippen LogP contribution in [0.4, 0.5) is 9.59 Å². The molecule has 2 atom stereocenters. The molecule has 0 saturated carbocycles. The minimum atomic E-state index is -0.630. The lowest BCUT2D eigenvalue weighted by atomic mass is 9.86. The number of aromatic nitrogens is 2. The zero-order valence-corrected chi connectivity index (χ0v) is 28.1. The van der Waals surface area contributed by atoms with E-state index in [-0.39, 0.29) is 24.0 Å². The summed E-state index contributed by atoms with van der Waals surface area (Å²) in [5.74, 6) is 0.0545. The first-order valence-electron chi connectivity index (χ1n) is 16.4. The quantitative estimate of drug-likeness (QED) is 0.314. The zero-order chi connectivity index (χ0) is 33.0. The van der Waals surface area contributed by atoms with Gasteiger partial charge in [-0.2, -0.15) is 0 Å². The maximum absolute atomic E-state index is 13.4. The van der Waals surface area contributed by atoms with Crippen molar-refractivity contribution >= 4 is 29.1 Å². The summed E-state index contributed by atoms with van der Waals surface area (Å²) in [5, 5.41) is 0.858. The van der Waals surface area contributed by atoms with Gasteiger partial charge in [0.15, 0.2) is 0 Å². The Morgan fingerprint density at radius 2 is 1.67 bits per heavy atom. The molecule has 0 N–H and O–H groups in total. The van der Waals surface area contributed by atoms with Crippen molar-refractivity contribution in [3.05, 3.63) is 52.8 Å². The fourth-order valence-corrected chi connectivity index (χ4v) is 6.87. The topological polar surface area (TPSA) is 103 Å². The Balaban J connectivity index is 1.41. The number of ether oxygens (including phenoxy) is 3. The van der Waals surface area contributed by atoms with Crippen molar-refractivity contribution in [3.63, 3.8) is 0 Å². The first-order valence-corrected chi connectivity index (χ1v) is 16.4. The van der Waals surface area contributed by atoms with Crippen LogP contribution in [0.2, 0.25) is 0 Å². The van der Waals surface area contributed by atoms with Gasteiger partial charge in [0.25, 0.3) is 0 Å². The summed E-state index contributed by atoms with van der Waals surface area (Å²) in [5.41, 5.74) is 5.49. The van der Waals surface area contributed by atoms with Gasteiger partial charge in [0.05, 0.1) is 18.6 Å². The Kier molecular flexibility index (Phi) is 8.38. The lowest BCUT2D eigenvalue weighted by Crippen LogP contribution is -2.41. The number of aryl methyl sites for hydroxylation is 1. The van der Waals surface area contributed by atoms with Crippen molar-refractivity contribution < 1.29 is 28.6 Å². The molecule has 6 rings (SSSR count). The molecule has 3 aliphatic rings. The van der Waals surface area contributed by atoms with Gasteiger partial charge >= 0.3 is 12.2 Å². The largest absolute Gasteiger partial charge is 0.444 e. The van der Waals surface area contributed by atoms with Crippen LogP contribution in [0.25, 0.3) is 22.2 Å². The third-order valence-electron chi connectivity index (χ3n) is 8.97. The van der Waals surface area contributed by atoms with E-state index in [0.717, 1.165) is 58.9 Å². The average molecular weight is 631 g/mol. The number of rotatable bonds is 3. The van der Waals surface area contributed by atoms with Crippen molar-refractivity contribution in [2.24, 2.45) is 5.92 Å². The van der Waals surface area contributed by atoms with Crippen LogP contribution >= 0.6 is 0 Å². The second-order valence-electron chi connectivity index (χ2n) is 14.9. The molecular weight excluding hydrogens is 584 g/mol. The molecule has 1 aromatic carbocycles. The Hall–Kier alpha value is -3.92. The van der Waals surface area contributed by atoms with Crippen molar-refractivity contribution in [2.45, 2.75) is 97.9 Å². The van der Waals surface area contributed by atoms with Crippen molar-refractivity contribution in [2.75, 3.05) is 26.3 Å². The van der Waals surface area contributed by atoms with Crippen LogP contribution in [0.5, 0.6) is 0 Å². The summed E-state index contributed by atoms with van der Waals surface area (Å²) in [6, 6.07) is 6.29. The van der Waals surface area contributed by atoms with E-state index in [2.05, 4.69) is 18.2 Å². The molecular formula is C36H46N4O6. The summed E-state index contributed by atoms with van der Waals surface area (Å²) in [7, 11) is 0. The molecule has 2 aromatic heterocycles. The van der Waals surface area contributed by atoms with Gasteiger partial charge in [0, 0.05) is 49.6 Å². The van der Waals surface area contributed by atoms with Gasteiger partial charge in [-0.1, -0.05) is 0 Å². The first-order chi connectivity index (χ1) is 21.7. The summed E-state index contributed by atoms with van der Waals surface area (Å²) >= 11 is 0. The highest BCUT2D eigenvalue weighted by Crippen LogP contribution is 2.41. The number of hydrogen-bond acceptors (Lipinski definition) is 7. The highest BCUT2D eigenvalue weighted by molar-refractivity contribution is 5.92. The van der Waals surface area contributed by atoms with Crippen LogP contribution in [0.1, 0.15) is 89.1 Å². The summed E-state index contributed by atoms with van der Waals surface area (Å²) in [6.45, 7) is 16.0. The number of carbonyl (C=O) groups excluding carboxylic acids is 3. The Bertz CT molecular complexity index is 1670. The standard InChI is InChI=1S/C36H46N4O6/c1-22-19-40(34(43)46-36(5,6)7)31-28(22)17-25(18-37-31)24-15-26-20-38(32(41)23-11-14-44-21-23)13-10-27(26)29(16-24)30-9-8-12-39(30)33(42)45-35(2,3)4/h15-19,23,30H,8-14,20-21H2,1-7H3/t23-,30+/m1/s1. The van der Waals surface area contributed by atoms with Crippen LogP contribution in [-0.4, -0.2) is 74.9 Å². The fraction of sp³-hybridized carbons (Fsp3) is 0.556. The van der Waals surface area contributed by atoms with Crippen LogP contribution in [-0.2, 0) is 32.0 Å². The molecule has 10 nitrogen and oxygen atoms in total. The SMILES string of the molecule is Cc1cn(C(=O)OC(C)(C)C)c2ncc(-c3cc4c(c([C@@H]5CCCN5C(=O)OC(C)(C)C)c3)CCN(C(=O)[C@@H]3CCOC3)C4)cc12. The molecule has 0 spiro atoms. The number of likely N-dealkylation sites (tertiary alicyclic amines) is 1. The summed E-state index contributed by atoms with van der Waals surface area (Å²) < 4.78 is 18.4. The molecule has 2 fully saturated rings. The fourth-order valence-electron chi connectivity index (χ4n) is 6.87. The number of benzene rings is 1. The van der Waals surface area contributed by atoms with Gasteiger partial charge in [0.2, 0.25) is 5.91 Å². The second-order valence-corrected chi connectivity index (χ2v) is 14.9. The molecule has 246 valence electrons. The highest BCUT2D eigenvalue weighted by Gasteiger charge is 2.37. The Labute approximate surface area is 271 Å².